The van der Waals surface area contributed by atoms with E-state index in [0.29, 0.717) is 0 Å². The Morgan fingerprint density at radius 3 is 2.41 bits per heavy atom. The van der Waals surface area contributed by atoms with Crippen LogP contribution in [0, 0.1) is 23.1 Å². The fourth-order valence-corrected chi connectivity index (χ4v) is 2.75. The van der Waals surface area contributed by atoms with Crippen LogP contribution in [0.1, 0.15) is 25.8 Å². The first-order chi connectivity index (χ1) is 7.93. The van der Waals surface area contributed by atoms with E-state index < -0.39 is 5.97 Å². The summed E-state index contributed by atoms with van der Waals surface area (Å²) >= 11 is 0. The molecule has 17 heavy (non-hydrogen) atoms. The van der Waals surface area contributed by atoms with Crippen molar-refractivity contribution in [2.45, 2.75) is 26.7 Å². The molecule has 1 N–H and O–H groups in total. The van der Waals surface area contributed by atoms with Crippen molar-refractivity contribution in [1.29, 1.82) is 0 Å². The highest BCUT2D eigenvalue weighted by Gasteiger charge is 2.61. The largest absolute Gasteiger partial charge is 0.481 e. The number of benzene rings is 1. The number of hydrogen-bond acceptors (Lipinski definition) is 1. The molecule has 1 aromatic carbocycles. The molecule has 1 aliphatic carbocycles. The number of carbonyl (C=O) groups is 1. The van der Waals surface area contributed by atoms with Gasteiger partial charge in [0.15, 0.2) is 0 Å². The SMILES string of the molecule is CC1(C)C(CCc2ccc(F)cc2)C1C(=O)O. The number of hydrogen-bond donors (Lipinski definition) is 1. The molecule has 0 amide bonds. The molecule has 0 heterocycles. The molecular weight excluding hydrogens is 219 g/mol. The summed E-state index contributed by atoms with van der Waals surface area (Å²) in [5.41, 5.74) is 0.976. The molecule has 0 bridgehead atoms. The van der Waals surface area contributed by atoms with Crippen LogP contribution in [0.2, 0.25) is 0 Å². The van der Waals surface area contributed by atoms with Crippen LogP contribution >= 0.6 is 0 Å². The van der Waals surface area contributed by atoms with Crippen LogP contribution in [0.4, 0.5) is 4.39 Å². The monoisotopic (exact) mass is 236 g/mol. The highest BCUT2D eigenvalue weighted by atomic mass is 19.1. The van der Waals surface area contributed by atoms with Crippen molar-refractivity contribution in [1.82, 2.24) is 0 Å². The molecule has 2 atom stereocenters. The van der Waals surface area contributed by atoms with E-state index in [0.717, 1.165) is 18.4 Å². The molecule has 92 valence electrons. The zero-order valence-electron chi connectivity index (χ0n) is 10.1. The van der Waals surface area contributed by atoms with Crippen LogP contribution in [0.15, 0.2) is 24.3 Å². The zero-order chi connectivity index (χ0) is 12.6. The minimum Gasteiger partial charge on any atom is -0.481 e. The molecule has 1 aliphatic rings. The smallest absolute Gasteiger partial charge is 0.307 e. The Morgan fingerprint density at radius 1 is 1.35 bits per heavy atom. The van der Waals surface area contributed by atoms with Crippen molar-refractivity contribution >= 4 is 5.97 Å². The van der Waals surface area contributed by atoms with Crippen LogP contribution in [0.3, 0.4) is 0 Å². The van der Waals surface area contributed by atoms with Gasteiger partial charge in [0.1, 0.15) is 5.82 Å². The van der Waals surface area contributed by atoms with E-state index in [1.807, 2.05) is 13.8 Å². The molecule has 2 unspecified atom stereocenters. The fraction of sp³-hybridized carbons (Fsp3) is 0.500. The fourth-order valence-electron chi connectivity index (χ4n) is 2.75. The number of aryl methyl sites for hydroxylation is 1. The topological polar surface area (TPSA) is 37.3 Å². The summed E-state index contributed by atoms with van der Waals surface area (Å²) in [5, 5.41) is 9.04. The van der Waals surface area contributed by atoms with E-state index >= 15 is 0 Å². The normalized spacial score (nSPS) is 25.6. The van der Waals surface area contributed by atoms with Gasteiger partial charge in [0, 0.05) is 0 Å². The van der Waals surface area contributed by atoms with Gasteiger partial charge in [-0.3, -0.25) is 4.79 Å². The average Bonchev–Trinajstić information content (AvgIpc) is 2.80. The van der Waals surface area contributed by atoms with E-state index in [1.54, 1.807) is 12.1 Å². The van der Waals surface area contributed by atoms with Crippen LogP contribution in [-0.4, -0.2) is 11.1 Å². The lowest BCUT2D eigenvalue weighted by Gasteiger charge is -2.03. The lowest BCUT2D eigenvalue weighted by atomic mass is 10.0. The van der Waals surface area contributed by atoms with Crippen molar-refractivity contribution in [3.63, 3.8) is 0 Å². The first-order valence-corrected chi connectivity index (χ1v) is 5.90. The Labute approximate surface area is 100 Å². The minimum absolute atomic E-state index is 0.0914. The van der Waals surface area contributed by atoms with Gasteiger partial charge in [-0.05, 0) is 41.9 Å². The van der Waals surface area contributed by atoms with Crippen molar-refractivity contribution < 1.29 is 14.3 Å². The molecule has 0 radical (unpaired) electrons. The highest BCUT2D eigenvalue weighted by Crippen LogP contribution is 2.60. The van der Waals surface area contributed by atoms with E-state index in [2.05, 4.69) is 0 Å². The van der Waals surface area contributed by atoms with E-state index in [1.165, 1.54) is 12.1 Å². The molecular formula is C14H17FO2. The second-order valence-electron chi connectivity index (χ2n) is 5.41. The number of aliphatic carboxylic acids is 1. The molecule has 0 aliphatic heterocycles. The van der Waals surface area contributed by atoms with Gasteiger partial charge in [-0.25, -0.2) is 4.39 Å². The molecule has 1 aromatic rings. The maximum Gasteiger partial charge on any atom is 0.307 e. The van der Waals surface area contributed by atoms with Crippen molar-refractivity contribution in [3.05, 3.63) is 35.6 Å². The van der Waals surface area contributed by atoms with Crippen LogP contribution < -0.4 is 0 Å². The minimum atomic E-state index is -0.695. The number of carboxylic acid groups (broad SMARTS) is 1. The van der Waals surface area contributed by atoms with E-state index in [9.17, 15) is 9.18 Å². The Hall–Kier alpha value is -1.38. The Bertz CT molecular complexity index is 422. The van der Waals surface area contributed by atoms with Gasteiger partial charge in [0.2, 0.25) is 0 Å². The lowest BCUT2D eigenvalue weighted by Crippen LogP contribution is -2.03. The molecule has 1 saturated carbocycles. The number of carboxylic acids is 1. The molecule has 3 heteroatoms. The molecule has 2 rings (SSSR count). The second kappa shape index (κ2) is 4.13. The lowest BCUT2D eigenvalue weighted by molar-refractivity contribution is -0.139. The highest BCUT2D eigenvalue weighted by molar-refractivity contribution is 5.75. The van der Waals surface area contributed by atoms with Gasteiger partial charge in [-0.2, -0.15) is 0 Å². The van der Waals surface area contributed by atoms with Crippen molar-refractivity contribution in [2.24, 2.45) is 17.3 Å². The third-order valence-corrected chi connectivity index (χ3v) is 3.97. The predicted octanol–water partition coefficient (Wildman–Crippen LogP) is 3.12. The van der Waals surface area contributed by atoms with Gasteiger partial charge in [-0.1, -0.05) is 26.0 Å². The van der Waals surface area contributed by atoms with Gasteiger partial charge in [0.25, 0.3) is 0 Å². The first-order valence-electron chi connectivity index (χ1n) is 5.90. The summed E-state index contributed by atoms with van der Waals surface area (Å²) < 4.78 is 12.7. The predicted molar refractivity (Wildman–Crippen MR) is 63.1 cm³/mol. The Balaban J connectivity index is 1.92. The standard InChI is InChI=1S/C14H17FO2/c1-14(2)11(12(14)13(16)17)8-5-9-3-6-10(15)7-4-9/h3-4,6-7,11-12H,5,8H2,1-2H3,(H,16,17). The first kappa shape index (κ1) is 12.1. The Kier molecular flexibility index (Phi) is 2.94. The number of rotatable bonds is 4. The van der Waals surface area contributed by atoms with Crippen molar-refractivity contribution in [2.75, 3.05) is 0 Å². The van der Waals surface area contributed by atoms with Gasteiger partial charge in [0.05, 0.1) is 5.92 Å². The average molecular weight is 236 g/mol. The summed E-state index contributed by atoms with van der Waals surface area (Å²) in [6, 6.07) is 6.42. The van der Waals surface area contributed by atoms with Crippen LogP contribution in [0.25, 0.3) is 0 Å². The quantitative estimate of drug-likeness (QED) is 0.872. The Morgan fingerprint density at radius 2 is 1.94 bits per heavy atom. The molecule has 1 fully saturated rings. The van der Waals surface area contributed by atoms with Gasteiger partial charge >= 0.3 is 5.97 Å². The third-order valence-electron chi connectivity index (χ3n) is 3.97. The molecule has 0 spiro atoms. The molecule has 2 nitrogen and oxygen atoms in total. The molecule has 0 saturated heterocycles. The summed E-state index contributed by atoms with van der Waals surface area (Å²) in [5.74, 6) is -0.906. The van der Waals surface area contributed by atoms with Crippen LogP contribution in [0.5, 0.6) is 0 Å². The van der Waals surface area contributed by atoms with Gasteiger partial charge < -0.3 is 5.11 Å². The summed E-state index contributed by atoms with van der Waals surface area (Å²) in [6.45, 7) is 4.00. The second-order valence-corrected chi connectivity index (χ2v) is 5.41. The zero-order valence-corrected chi connectivity index (χ0v) is 10.1. The maximum absolute atomic E-state index is 12.7. The maximum atomic E-state index is 12.7. The van der Waals surface area contributed by atoms with E-state index in [4.69, 9.17) is 5.11 Å². The number of halogens is 1. The third kappa shape index (κ3) is 2.33. The van der Waals surface area contributed by atoms with Crippen LogP contribution in [-0.2, 0) is 11.2 Å². The summed E-state index contributed by atoms with van der Waals surface area (Å²) in [4.78, 5) is 11.0. The van der Waals surface area contributed by atoms with E-state index in [-0.39, 0.29) is 23.1 Å². The molecule has 0 aromatic heterocycles. The summed E-state index contributed by atoms with van der Waals surface area (Å²) in [7, 11) is 0. The summed E-state index contributed by atoms with van der Waals surface area (Å²) in [6.07, 6.45) is 1.67. The van der Waals surface area contributed by atoms with Crippen molar-refractivity contribution in [3.8, 4) is 0 Å². The van der Waals surface area contributed by atoms with Gasteiger partial charge in [-0.15, -0.1) is 0 Å².